The van der Waals surface area contributed by atoms with E-state index in [4.69, 9.17) is 4.74 Å². The Morgan fingerprint density at radius 1 is 1.19 bits per heavy atom. The van der Waals surface area contributed by atoms with Gasteiger partial charge in [0.25, 0.3) is 5.91 Å². The number of nitrogens with one attached hydrogen (secondary N) is 1. The smallest absolute Gasteiger partial charge is 0.257 e. The molecule has 26 heavy (non-hydrogen) atoms. The van der Waals surface area contributed by atoms with Crippen LogP contribution in [0.4, 0.5) is 5.13 Å². The number of methoxy groups -OCH3 is 1. The van der Waals surface area contributed by atoms with Gasteiger partial charge in [0.2, 0.25) is 0 Å². The van der Waals surface area contributed by atoms with Gasteiger partial charge in [-0.25, -0.2) is 4.98 Å². The largest absolute Gasteiger partial charge is 0.496 e. The van der Waals surface area contributed by atoms with Gasteiger partial charge in [-0.1, -0.05) is 0 Å². The molecule has 4 nitrogen and oxygen atoms in total. The van der Waals surface area contributed by atoms with E-state index in [0.717, 1.165) is 23.5 Å². The van der Waals surface area contributed by atoms with Crippen molar-refractivity contribution in [3.05, 3.63) is 40.9 Å². The predicted molar refractivity (Wildman–Crippen MR) is 103 cm³/mol. The molecule has 4 bridgehead atoms. The summed E-state index contributed by atoms with van der Waals surface area (Å²) in [4.78, 5) is 16.9. The number of ether oxygens (including phenoxy) is 1. The molecule has 0 aliphatic heterocycles. The Morgan fingerprint density at radius 2 is 1.88 bits per heavy atom. The highest BCUT2D eigenvalue weighted by Crippen LogP contribution is 2.61. The Morgan fingerprint density at radius 3 is 2.46 bits per heavy atom. The van der Waals surface area contributed by atoms with Crippen LogP contribution in [0.5, 0.6) is 5.75 Å². The normalized spacial score (nSPS) is 31.8. The SMILES string of the molecule is COc1ccc(C(=O)Nc2nccs2)cc1C12CC3CC(CC(C3)C1)C2. The van der Waals surface area contributed by atoms with Crippen molar-refractivity contribution in [2.45, 2.75) is 43.9 Å². The standard InChI is InChI=1S/C21H24N2O2S/c1-25-18-3-2-16(19(24)23-20-22-4-5-26-20)9-17(18)21-10-13-6-14(11-21)8-15(7-13)12-21/h2-5,9,13-15H,6-8,10-12H2,1H3,(H,22,23,24). The van der Waals surface area contributed by atoms with Crippen molar-refractivity contribution in [1.82, 2.24) is 4.98 Å². The van der Waals surface area contributed by atoms with Crippen molar-refractivity contribution in [3.63, 3.8) is 0 Å². The number of hydrogen-bond donors (Lipinski definition) is 1. The molecule has 0 atom stereocenters. The zero-order chi connectivity index (χ0) is 17.7. The van der Waals surface area contributed by atoms with E-state index >= 15 is 0 Å². The van der Waals surface area contributed by atoms with Crippen molar-refractivity contribution in [2.24, 2.45) is 17.8 Å². The van der Waals surface area contributed by atoms with E-state index in [1.54, 1.807) is 13.3 Å². The van der Waals surface area contributed by atoms with Gasteiger partial charge in [-0.05, 0) is 79.9 Å². The third-order valence-electron chi connectivity index (χ3n) is 6.72. The van der Waals surface area contributed by atoms with E-state index in [-0.39, 0.29) is 11.3 Å². The maximum atomic E-state index is 12.7. The predicted octanol–water partition coefficient (Wildman–Crippen LogP) is 4.87. The molecular weight excluding hydrogens is 344 g/mol. The van der Waals surface area contributed by atoms with Gasteiger partial charge in [0.05, 0.1) is 7.11 Å². The molecule has 1 N–H and O–H groups in total. The van der Waals surface area contributed by atoms with Crippen LogP contribution < -0.4 is 10.1 Å². The Balaban J connectivity index is 1.51. The zero-order valence-corrected chi connectivity index (χ0v) is 15.8. The number of thiazole rings is 1. The first-order chi connectivity index (χ1) is 12.6. The fourth-order valence-corrected chi connectivity index (χ4v) is 6.68. The minimum Gasteiger partial charge on any atom is -0.496 e. The number of amides is 1. The summed E-state index contributed by atoms with van der Waals surface area (Å²) in [6.45, 7) is 0. The van der Waals surface area contributed by atoms with E-state index in [1.807, 2.05) is 17.5 Å². The van der Waals surface area contributed by atoms with Crippen LogP contribution in [0.15, 0.2) is 29.8 Å². The Hall–Kier alpha value is -1.88. The molecule has 0 saturated heterocycles. The number of aromatic nitrogens is 1. The summed E-state index contributed by atoms with van der Waals surface area (Å²) in [5.74, 6) is 3.43. The average molecular weight is 369 g/mol. The second-order valence-electron chi connectivity index (χ2n) is 8.40. The minimum atomic E-state index is -0.0893. The van der Waals surface area contributed by atoms with E-state index in [9.17, 15) is 4.79 Å². The lowest BCUT2D eigenvalue weighted by Crippen LogP contribution is -2.48. The summed E-state index contributed by atoms with van der Waals surface area (Å²) < 4.78 is 5.73. The first-order valence-electron chi connectivity index (χ1n) is 9.54. The Bertz CT molecular complexity index is 795. The fraction of sp³-hybridized carbons (Fsp3) is 0.524. The lowest BCUT2D eigenvalue weighted by molar-refractivity contribution is -0.00617. The van der Waals surface area contributed by atoms with Gasteiger partial charge in [0.15, 0.2) is 5.13 Å². The molecule has 0 spiro atoms. The molecule has 1 heterocycles. The maximum Gasteiger partial charge on any atom is 0.257 e. The van der Waals surface area contributed by atoms with Gasteiger partial charge >= 0.3 is 0 Å². The number of benzene rings is 1. The van der Waals surface area contributed by atoms with E-state index in [2.05, 4.69) is 16.4 Å². The molecule has 6 rings (SSSR count). The number of nitrogens with zero attached hydrogens (tertiary/aromatic N) is 1. The molecule has 136 valence electrons. The second-order valence-corrected chi connectivity index (χ2v) is 9.30. The summed E-state index contributed by atoms with van der Waals surface area (Å²) in [5, 5.41) is 5.41. The van der Waals surface area contributed by atoms with E-state index < -0.39 is 0 Å². The van der Waals surface area contributed by atoms with Crippen LogP contribution >= 0.6 is 11.3 Å². The van der Waals surface area contributed by atoms with Crippen LogP contribution in [0, 0.1) is 17.8 Å². The van der Waals surface area contributed by atoms with Gasteiger partial charge in [-0.2, -0.15) is 0 Å². The topological polar surface area (TPSA) is 51.2 Å². The number of carbonyl (C=O) groups excluding carboxylic acids is 1. The molecule has 5 heteroatoms. The summed E-state index contributed by atoms with van der Waals surface area (Å²) in [7, 11) is 1.74. The first kappa shape index (κ1) is 16.3. The zero-order valence-electron chi connectivity index (χ0n) is 15.0. The monoisotopic (exact) mass is 368 g/mol. The summed E-state index contributed by atoms with van der Waals surface area (Å²) in [5.41, 5.74) is 2.16. The quantitative estimate of drug-likeness (QED) is 0.837. The molecule has 4 aliphatic rings. The number of rotatable bonds is 4. The fourth-order valence-electron chi connectivity index (χ4n) is 6.16. The average Bonchev–Trinajstić information content (AvgIpc) is 3.13. The minimum absolute atomic E-state index is 0.0893. The van der Waals surface area contributed by atoms with E-state index in [1.165, 1.54) is 55.4 Å². The molecule has 0 unspecified atom stereocenters. The number of anilines is 1. The highest BCUT2D eigenvalue weighted by atomic mass is 32.1. The molecule has 1 aromatic heterocycles. The van der Waals surface area contributed by atoms with Gasteiger partial charge in [-0.3, -0.25) is 10.1 Å². The van der Waals surface area contributed by atoms with Gasteiger partial charge < -0.3 is 4.74 Å². The molecular formula is C21H24N2O2S. The van der Waals surface area contributed by atoms with Crippen molar-refractivity contribution >= 4 is 22.4 Å². The van der Waals surface area contributed by atoms with Crippen molar-refractivity contribution in [3.8, 4) is 5.75 Å². The molecule has 4 aliphatic carbocycles. The van der Waals surface area contributed by atoms with Crippen LogP contribution in [0.3, 0.4) is 0 Å². The lowest BCUT2D eigenvalue weighted by Gasteiger charge is -2.57. The van der Waals surface area contributed by atoms with Crippen molar-refractivity contribution in [2.75, 3.05) is 12.4 Å². The van der Waals surface area contributed by atoms with Crippen LogP contribution in [-0.2, 0) is 5.41 Å². The molecule has 4 saturated carbocycles. The molecule has 4 fully saturated rings. The third-order valence-corrected chi connectivity index (χ3v) is 7.41. The summed E-state index contributed by atoms with van der Waals surface area (Å²) in [6, 6.07) is 5.94. The van der Waals surface area contributed by atoms with Crippen LogP contribution in [-0.4, -0.2) is 18.0 Å². The van der Waals surface area contributed by atoms with Gasteiger partial charge in [-0.15, -0.1) is 11.3 Å². The molecule has 1 amide bonds. The van der Waals surface area contributed by atoms with Crippen molar-refractivity contribution < 1.29 is 9.53 Å². The first-order valence-corrected chi connectivity index (χ1v) is 10.4. The summed E-state index contributed by atoms with van der Waals surface area (Å²) in [6.07, 6.45) is 9.70. The highest BCUT2D eigenvalue weighted by molar-refractivity contribution is 7.13. The second kappa shape index (κ2) is 6.08. The third kappa shape index (κ3) is 2.64. The van der Waals surface area contributed by atoms with Crippen molar-refractivity contribution in [1.29, 1.82) is 0 Å². The highest BCUT2D eigenvalue weighted by Gasteiger charge is 2.52. The van der Waals surface area contributed by atoms with E-state index in [0.29, 0.717) is 10.7 Å². The Kier molecular flexibility index (Phi) is 3.82. The van der Waals surface area contributed by atoms with Gasteiger partial charge in [0.1, 0.15) is 5.75 Å². The van der Waals surface area contributed by atoms with Crippen LogP contribution in [0.1, 0.15) is 54.4 Å². The Labute approximate surface area is 158 Å². The number of hydrogen-bond acceptors (Lipinski definition) is 4. The lowest BCUT2D eigenvalue weighted by atomic mass is 9.48. The molecule has 0 radical (unpaired) electrons. The molecule has 1 aromatic carbocycles. The van der Waals surface area contributed by atoms with Crippen LogP contribution in [0.2, 0.25) is 0 Å². The van der Waals surface area contributed by atoms with Crippen LogP contribution in [0.25, 0.3) is 0 Å². The van der Waals surface area contributed by atoms with Gasteiger partial charge in [0, 0.05) is 22.7 Å². The summed E-state index contributed by atoms with van der Waals surface area (Å²) >= 11 is 1.44. The number of carbonyl (C=O) groups is 1. The molecule has 2 aromatic rings. The maximum absolute atomic E-state index is 12.7.